The third-order valence-corrected chi connectivity index (χ3v) is 7.39. The number of nitrogens with one attached hydrogen (secondary N) is 1. The molecule has 1 aliphatic carbocycles. The fourth-order valence-corrected chi connectivity index (χ4v) is 5.67. The third kappa shape index (κ3) is 3.95. The van der Waals surface area contributed by atoms with E-state index in [1.165, 1.54) is 17.5 Å². The van der Waals surface area contributed by atoms with Gasteiger partial charge in [0.1, 0.15) is 12.3 Å². The zero-order chi connectivity index (χ0) is 22.9. The van der Waals surface area contributed by atoms with Crippen LogP contribution in [0.25, 0.3) is 11.0 Å². The van der Waals surface area contributed by atoms with E-state index in [1.54, 1.807) is 18.7 Å². The first-order valence-electron chi connectivity index (χ1n) is 11.9. The number of likely N-dealkylation sites (tertiary alicyclic amines) is 1. The molecule has 2 heterocycles. The van der Waals surface area contributed by atoms with Crippen molar-refractivity contribution in [3.8, 4) is 5.75 Å². The number of hydrogen-bond acceptors (Lipinski definition) is 4. The van der Waals surface area contributed by atoms with Crippen LogP contribution in [0.1, 0.15) is 48.9 Å². The fraction of sp³-hybridized carbons (Fsp3) is 0.462. The van der Waals surface area contributed by atoms with Gasteiger partial charge in [0.05, 0.1) is 18.1 Å². The Morgan fingerprint density at radius 1 is 1.09 bits per heavy atom. The number of aryl methyl sites for hydroxylation is 1. The molecule has 33 heavy (non-hydrogen) atoms. The van der Waals surface area contributed by atoms with Crippen molar-refractivity contribution in [1.29, 1.82) is 0 Å². The number of aromatic nitrogens is 2. The molecule has 3 aromatic rings. The van der Waals surface area contributed by atoms with Crippen molar-refractivity contribution in [3.05, 3.63) is 64.1 Å². The summed E-state index contributed by atoms with van der Waals surface area (Å²) in [6.07, 6.45) is 5.34. The van der Waals surface area contributed by atoms with Crippen LogP contribution in [0.2, 0.25) is 0 Å². The van der Waals surface area contributed by atoms with Gasteiger partial charge >= 0.3 is 5.69 Å². The molecule has 2 aromatic carbocycles. The van der Waals surface area contributed by atoms with E-state index in [4.69, 9.17) is 4.74 Å². The number of likely N-dealkylation sites (N-methyl/N-ethyl adjacent to an activating group) is 1. The molecular weight excluding hydrogens is 416 g/mol. The molecule has 7 nitrogen and oxygen atoms in total. The van der Waals surface area contributed by atoms with Crippen LogP contribution < -0.4 is 15.7 Å². The molecular formula is C26H32N4O3. The smallest absolute Gasteiger partial charge is 0.329 e. The second-order valence-electron chi connectivity index (χ2n) is 9.14. The number of nitrogens with zero attached hydrogens (tertiary/aromatic N) is 3. The van der Waals surface area contributed by atoms with Crippen LogP contribution in [-0.4, -0.2) is 47.2 Å². The summed E-state index contributed by atoms with van der Waals surface area (Å²) in [6, 6.07) is 14.8. The Kier molecular flexibility index (Phi) is 5.98. The zero-order valence-electron chi connectivity index (χ0n) is 19.4. The van der Waals surface area contributed by atoms with E-state index in [9.17, 15) is 9.59 Å². The number of rotatable bonds is 5. The molecule has 1 unspecified atom stereocenters. The minimum Gasteiger partial charge on any atom is -0.497 e. The third-order valence-electron chi connectivity index (χ3n) is 7.39. The van der Waals surface area contributed by atoms with Gasteiger partial charge in [-0.3, -0.25) is 18.8 Å². The van der Waals surface area contributed by atoms with Gasteiger partial charge in [0.25, 0.3) is 0 Å². The Labute approximate surface area is 193 Å². The molecule has 0 bridgehead atoms. The largest absolute Gasteiger partial charge is 0.497 e. The summed E-state index contributed by atoms with van der Waals surface area (Å²) in [6.45, 7) is 1.95. The number of fused-ring (bicyclic) bond motifs is 2. The summed E-state index contributed by atoms with van der Waals surface area (Å²) in [4.78, 5) is 28.0. The number of carbonyl (C=O) groups excluding carboxylic acids is 1. The number of benzene rings is 2. The first kappa shape index (κ1) is 21.8. The van der Waals surface area contributed by atoms with Gasteiger partial charge in [0, 0.05) is 32.2 Å². The van der Waals surface area contributed by atoms with Crippen molar-refractivity contribution < 1.29 is 9.53 Å². The summed E-state index contributed by atoms with van der Waals surface area (Å²) in [7, 11) is 3.32. The predicted octanol–water partition coefficient (Wildman–Crippen LogP) is 3.27. The molecule has 1 aliphatic heterocycles. The van der Waals surface area contributed by atoms with Crippen molar-refractivity contribution >= 4 is 16.9 Å². The van der Waals surface area contributed by atoms with E-state index in [2.05, 4.69) is 28.4 Å². The quantitative estimate of drug-likeness (QED) is 0.651. The number of para-hydroxylation sites is 2. The molecule has 1 atom stereocenters. The van der Waals surface area contributed by atoms with Crippen molar-refractivity contribution in [2.75, 3.05) is 27.2 Å². The van der Waals surface area contributed by atoms with Crippen LogP contribution in [-0.2, 0) is 17.8 Å². The van der Waals surface area contributed by atoms with Crippen molar-refractivity contribution in [3.63, 3.8) is 0 Å². The lowest BCUT2D eigenvalue weighted by molar-refractivity contribution is -0.121. The monoisotopic (exact) mass is 448 g/mol. The van der Waals surface area contributed by atoms with E-state index in [-0.39, 0.29) is 24.2 Å². The SMILES string of the molecule is CNC(=O)Cn1c(=O)n(C2CCN(C3CCCc4ccc(OC)cc43)CC2)c2ccccc21. The van der Waals surface area contributed by atoms with Crippen LogP contribution in [0.5, 0.6) is 5.75 Å². The van der Waals surface area contributed by atoms with E-state index < -0.39 is 0 Å². The lowest BCUT2D eigenvalue weighted by Gasteiger charge is -2.40. The Morgan fingerprint density at radius 2 is 1.85 bits per heavy atom. The van der Waals surface area contributed by atoms with Gasteiger partial charge in [-0.15, -0.1) is 0 Å². The fourth-order valence-electron chi connectivity index (χ4n) is 5.67. The Bertz CT molecular complexity index is 1220. The minimum atomic E-state index is -0.166. The normalized spacial score (nSPS) is 19.4. The number of imidazole rings is 1. The second-order valence-corrected chi connectivity index (χ2v) is 9.14. The van der Waals surface area contributed by atoms with Gasteiger partial charge in [-0.1, -0.05) is 18.2 Å². The average molecular weight is 449 g/mol. The second kappa shape index (κ2) is 9.06. The highest BCUT2D eigenvalue weighted by molar-refractivity contribution is 5.80. The molecule has 0 radical (unpaired) electrons. The minimum absolute atomic E-state index is 0.0440. The topological polar surface area (TPSA) is 68.5 Å². The molecule has 2 aliphatic rings. The maximum Gasteiger partial charge on any atom is 0.329 e. The first-order chi connectivity index (χ1) is 16.1. The maximum absolute atomic E-state index is 13.4. The molecule has 174 valence electrons. The Balaban J connectivity index is 1.39. The van der Waals surface area contributed by atoms with Gasteiger partial charge in [-0.25, -0.2) is 4.79 Å². The van der Waals surface area contributed by atoms with E-state index >= 15 is 0 Å². The van der Waals surface area contributed by atoms with Crippen molar-refractivity contribution in [2.45, 2.75) is 50.7 Å². The lowest BCUT2D eigenvalue weighted by atomic mass is 9.85. The molecule has 7 heteroatoms. The van der Waals surface area contributed by atoms with E-state index in [0.29, 0.717) is 6.04 Å². The number of ether oxygens (including phenoxy) is 1. The summed E-state index contributed by atoms with van der Waals surface area (Å²) >= 11 is 0. The standard InChI is InChI=1S/C26H32N4O3/c1-27-25(31)17-29-23-7-3-4-8-24(23)30(26(29)32)19-12-14-28(15-13-19)22-9-5-6-18-10-11-20(33-2)16-21(18)22/h3-4,7-8,10-11,16,19,22H,5-6,9,12-15,17H2,1-2H3,(H,27,31). The summed E-state index contributed by atoms with van der Waals surface area (Å²) in [5, 5.41) is 2.63. The van der Waals surface area contributed by atoms with Gasteiger partial charge in [0.15, 0.2) is 0 Å². The van der Waals surface area contributed by atoms with Gasteiger partial charge in [0.2, 0.25) is 5.91 Å². The molecule has 1 amide bonds. The summed E-state index contributed by atoms with van der Waals surface area (Å²) in [5.41, 5.74) is 4.48. The predicted molar refractivity (Wildman–Crippen MR) is 129 cm³/mol. The van der Waals surface area contributed by atoms with Crippen LogP contribution in [0.3, 0.4) is 0 Å². The van der Waals surface area contributed by atoms with Crippen molar-refractivity contribution in [1.82, 2.24) is 19.4 Å². The number of hydrogen-bond donors (Lipinski definition) is 1. The van der Waals surface area contributed by atoms with Crippen molar-refractivity contribution in [2.24, 2.45) is 0 Å². The summed E-state index contributed by atoms with van der Waals surface area (Å²) < 4.78 is 9.02. The van der Waals surface area contributed by atoms with Crippen LogP contribution in [0.4, 0.5) is 0 Å². The summed E-state index contributed by atoms with van der Waals surface area (Å²) in [5.74, 6) is 0.757. The van der Waals surface area contributed by atoms with Crippen LogP contribution >= 0.6 is 0 Å². The van der Waals surface area contributed by atoms with Crippen LogP contribution in [0.15, 0.2) is 47.3 Å². The van der Waals surface area contributed by atoms with Gasteiger partial charge < -0.3 is 10.1 Å². The number of piperidine rings is 1. The van der Waals surface area contributed by atoms with E-state index in [1.807, 2.05) is 28.8 Å². The zero-order valence-corrected chi connectivity index (χ0v) is 19.4. The number of carbonyl (C=O) groups is 1. The molecule has 1 saturated heterocycles. The average Bonchev–Trinajstić information content (AvgIpc) is 3.14. The van der Waals surface area contributed by atoms with E-state index in [0.717, 1.165) is 55.6 Å². The first-order valence-corrected chi connectivity index (χ1v) is 11.9. The molecule has 5 rings (SSSR count). The highest BCUT2D eigenvalue weighted by Crippen LogP contribution is 2.39. The molecule has 1 fully saturated rings. The van der Waals surface area contributed by atoms with Gasteiger partial charge in [-0.2, -0.15) is 0 Å². The highest BCUT2D eigenvalue weighted by Gasteiger charge is 2.31. The maximum atomic E-state index is 13.4. The van der Waals surface area contributed by atoms with Crippen LogP contribution in [0, 0.1) is 0 Å². The Hall–Kier alpha value is -3.06. The molecule has 0 saturated carbocycles. The number of amides is 1. The number of methoxy groups -OCH3 is 1. The molecule has 0 spiro atoms. The molecule has 1 aromatic heterocycles. The molecule has 1 N–H and O–H groups in total. The Morgan fingerprint density at radius 3 is 2.58 bits per heavy atom. The lowest BCUT2D eigenvalue weighted by Crippen LogP contribution is -2.41. The van der Waals surface area contributed by atoms with Gasteiger partial charge in [-0.05, 0) is 67.5 Å². The highest BCUT2D eigenvalue weighted by atomic mass is 16.5.